The number of nitrogens with zero attached hydrogens (tertiary/aromatic N) is 3. The van der Waals surface area contributed by atoms with Crippen molar-refractivity contribution in [1.29, 1.82) is 5.26 Å². The minimum atomic E-state index is -4.48. The smallest absolute Gasteiger partial charge is 0.416 e. The summed E-state index contributed by atoms with van der Waals surface area (Å²) in [7, 11) is -2.49. The molecule has 3 aromatic rings. The number of carbonyl (C=O) groups excluding carboxylic acids is 1. The number of carbonyl (C=O) groups is 1. The minimum Gasteiger partial charge on any atom is -0.497 e. The van der Waals surface area contributed by atoms with Gasteiger partial charge in [-0.3, -0.25) is 4.79 Å². The second-order valence-electron chi connectivity index (χ2n) is 8.88. The van der Waals surface area contributed by atoms with E-state index in [1.54, 1.807) is 42.5 Å². The predicted molar refractivity (Wildman–Crippen MR) is 138 cm³/mol. The van der Waals surface area contributed by atoms with Crippen LogP contribution in [0.1, 0.15) is 32.6 Å². The Bertz CT molecular complexity index is 1490. The monoisotopic (exact) mass is 558 g/mol. The highest BCUT2D eigenvalue weighted by atomic mass is 32.2. The average Bonchev–Trinajstić information content (AvgIpc) is 3.17. The van der Waals surface area contributed by atoms with Crippen LogP contribution in [0.3, 0.4) is 0 Å². The number of anilines is 1. The highest BCUT2D eigenvalue weighted by molar-refractivity contribution is 7.86. The molecule has 0 spiro atoms. The van der Waals surface area contributed by atoms with Gasteiger partial charge in [-0.15, -0.1) is 0 Å². The fraction of sp³-hybridized carbons (Fsp3) is 0.259. The molecule has 1 N–H and O–H groups in total. The fourth-order valence-electron chi connectivity index (χ4n) is 4.18. The number of amides is 1. The van der Waals surface area contributed by atoms with Crippen LogP contribution in [-0.4, -0.2) is 43.1 Å². The summed E-state index contributed by atoms with van der Waals surface area (Å²) in [6.07, 6.45) is -4.23. The van der Waals surface area contributed by atoms with Gasteiger partial charge < -0.3 is 10.1 Å². The summed E-state index contributed by atoms with van der Waals surface area (Å²) in [4.78, 5) is 13.1. The third kappa shape index (κ3) is 6.57. The van der Waals surface area contributed by atoms with Crippen LogP contribution in [-0.2, 0) is 35.9 Å². The van der Waals surface area contributed by atoms with Crippen LogP contribution in [0, 0.1) is 11.3 Å². The van der Waals surface area contributed by atoms with E-state index in [-0.39, 0.29) is 38.2 Å². The lowest BCUT2D eigenvalue weighted by atomic mass is 10.1. The molecule has 12 heteroatoms. The second-order valence-corrected chi connectivity index (χ2v) is 10.8. The van der Waals surface area contributed by atoms with E-state index < -0.39 is 27.9 Å². The summed E-state index contributed by atoms with van der Waals surface area (Å²) in [6.45, 7) is 0.0998. The number of hydrogen-bond acceptors (Lipinski definition) is 5. The van der Waals surface area contributed by atoms with E-state index in [2.05, 4.69) is 11.4 Å². The van der Waals surface area contributed by atoms with Gasteiger partial charge in [0.05, 0.1) is 25.2 Å². The number of ether oxygens (including phenoxy) is 1. The maximum absolute atomic E-state index is 13.3. The van der Waals surface area contributed by atoms with Gasteiger partial charge in [-0.1, -0.05) is 24.3 Å². The summed E-state index contributed by atoms with van der Waals surface area (Å²) in [5, 5.41) is 11.6. The number of halogens is 3. The van der Waals surface area contributed by atoms with Gasteiger partial charge in [0.15, 0.2) is 0 Å². The standard InChI is InChI=1S/C27H25F3N4O4S/c1-38-24-10-11-25(26(35)32-23-8-4-19(5-9-23)12-13-31)21(16-24)18-34-15-14-33(39(34,36)37)17-20-2-6-22(7-3-20)27(28,29)30/h2-11,16H,12,14-15,17-18H2,1H3,(H,32,35). The molecule has 1 amide bonds. The lowest BCUT2D eigenvalue weighted by molar-refractivity contribution is -0.137. The molecule has 0 saturated carbocycles. The van der Waals surface area contributed by atoms with Crippen molar-refractivity contribution in [1.82, 2.24) is 8.61 Å². The molecule has 0 aliphatic carbocycles. The van der Waals surface area contributed by atoms with Crippen molar-refractivity contribution in [2.75, 3.05) is 25.5 Å². The maximum atomic E-state index is 13.3. The molecule has 4 rings (SSSR count). The zero-order valence-corrected chi connectivity index (χ0v) is 21.7. The van der Waals surface area contributed by atoms with Gasteiger partial charge >= 0.3 is 6.18 Å². The van der Waals surface area contributed by atoms with Gasteiger partial charge in [-0.25, -0.2) is 0 Å². The van der Waals surface area contributed by atoms with Crippen molar-refractivity contribution in [3.63, 3.8) is 0 Å². The van der Waals surface area contributed by atoms with Crippen molar-refractivity contribution in [2.24, 2.45) is 0 Å². The number of nitriles is 1. The van der Waals surface area contributed by atoms with Crippen LogP contribution in [0.25, 0.3) is 0 Å². The molecule has 8 nitrogen and oxygen atoms in total. The van der Waals surface area contributed by atoms with Crippen molar-refractivity contribution >= 4 is 21.8 Å². The van der Waals surface area contributed by atoms with Crippen molar-refractivity contribution < 1.29 is 31.1 Å². The molecule has 0 bridgehead atoms. The zero-order valence-electron chi connectivity index (χ0n) is 20.9. The lowest BCUT2D eigenvalue weighted by Gasteiger charge is -2.20. The van der Waals surface area contributed by atoms with Crippen molar-refractivity contribution in [3.8, 4) is 11.8 Å². The molecule has 1 heterocycles. The molecule has 0 atom stereocenters. The first-order valence-corrected chi connectivity index (χ1v) is 13.3. The summed E-state index contributed by atoms with van der Waals surface area (Å²) in [5.74, 6) is -0.000460. The Balaban J connectivity index is 1.50. The number of rotatable bonds is 8. The van der Waals surface area contributed by atoms with E-state index in [9.17, 15) is 26.4 Å². The van der Waals surface area contributed by atoms with Crippen LogP contribution in [0.2, 0.25) is 0 Å². The summed E-state index contributed by atoms with van der Waals surface area (Å²) in [5.41, 5.74) is 1.62. The maximum Gasteiger partial charge on any atom is 0.416 e. The number of benzene rings is 3. The van der Waals surface area contributed by atoms with Gasteiger partial charge in [0, 0.05) is 37.4 Å². The number of methoxy groups -OCH3 is 1. The first-order valence-electron chi connectivity index (χ1n) is 11.9. The van der Waals surface area contributed by atoms with Gasteiger partial charge in [-0.05, 0) is 59.2 Å². The van der Waals surface area contributed by atoms with Crippen LogP contribution in [0.4, 0.5) is 18.9 Å². The Labute approximate surface area is 224 Å². The van der Waals surface area contributed by atoms with Crippen molar-refractivity contribution in [2.45, 2.75) is 25.7 Å². The predicted octanol–water partition coefficient (Wildman–Crippen LogP) is 4.59. The SMILES string of the molecule is COc1ccc(C(=O)Nc2ccc(CC#N)cc2)c(CN2CCN(Cc3ccc(C(F)(F)F)cc3)S2(=O)=O)c1. The molecule has 3 aromatic carbocycles. The Morgan fingerprint density at radius 2 is 1.59 bits per heavy atom. The molecule has 1 fully saturated rings. The molecule has 0 radical (unpaired) electrons. The molecule has 1 aliphatic rings. The minimum absolute atomic E-state index is 0.0791. The topological polar surface area (TPSA) is 103 Å². The zero-order chi connectivity index (χ0) is 28.2. The fourth-order valence-corrected chi connectivity index (χ4v) is 5.74. The quantitative estimate of drug-likeness (QED) is 0.436. The van der Waals surface area contributed by atoms with Crippen LogP contribution < -0.4 is 10.1 Å². The lowest BCUT2D eigenvalue weighted by Crippen LogP contribution is -2.33. The van der Waals surface area contributed by atoms with E-state index in [0.717, 1.165) is 17.7 Å². The number of hydrogen-bond donors (Lipinski definition) is 1. The third-order valence-electron chi connectivity index (χ3n) is 6.29. The van der Waals surface area contributed by atoms with Gasteiger partial charge in [0.25, 0.3) is 16.1 Å². The van der Waals surface area contributed by atoms with Crippen LogP contribution in [0.5, 0.6) is 5.75 Å². The highest BCUT2D eigenvalue weighted by Crippen LogP contribution is 2.30. The van der Waals surface area contributed by atoms with Gasteiger partial charge in [0.1, 0.15) is 5.75 Å². The van der Waals surface area contributed by atoms with Gasteiger partial charge in [0.2, 0.25) is 0 Å². The number of alkyl halides is 3. The summed E-state index contributed by atoms with van der Waals surface area (Å²) >= 11 is 0. The van der Waals surface area contributed by atoms with E-state index in [0.29, 0.717) is 22.6 Å². The molecule has 1 aliphatic heterocycles. The highest BCUT2D eigenvalue weighted by Gasteiger charge is 2.37. The largest absolute Gasteiger partial charge is 0.497 e. The Morgan fingerprint density at radius 1 is 0.974 bits per heavy atom. The van der Waals surface area contributed by atoms with Gasteiger partial charge in [-0.2, -0.15) is 35.5 Å². The van der Waals surface area contributed by atoms with E-state index >= 15 is 0 Å². The third-order valence-corrected chi connectivity index (χ3v) is 8.22. The van der Waals surface area contributed by atoms with Crippen LogP contribution >= 0.6 is 0 Å². The normalized spacial score (nSPS) is 15.6. The number of nitrogens with one attached hydrogen (secondary N) is 1. The molecular formula is C27H25F3N4O4S. The van der Waals surface area contributed by atoms with Crippen LogP contribution in [0.15, 0.2) is 66.7 Å². The molecule has 1 saturated heterocycles. The second kappa shape index (κ2) is 11.4. The Kier molecular flexibility index (Phi) is 8.25. The first kappa shape index (κ1) is 28.1. The molecule has 204 valence electrons. The first-order chi connectivity index (χ1) is 18.5. The van der Waals surface area contributed by atoms with E-state index in [4.69, 9.17) is 10.00 Å². The Morgan fingerprint density at radius 3 is 2.18 bits per heavy atom. The molecule has 0 aromatic heterocycles. The van der Waals surface area contributed by atoms with Crippen molar-refractivity contribution in [3.05, 3.63) is 94.5 Å². The van der Waals surface area contributed by atoms with E-state index in [1.807, 2.05) is 0 Å². The molecule has 39 heavy (non-hydrogen) atoms. The Hall–Kier alpha value is -3.92. The summed E-state index contributed by atoms with van der Waals surface area (Å²) in [6, 6.07) is 18.0. The van der Waals surface area contributed by atoms with E-state index in [1.165, 1.54) is 27.9 Å². The molecular weight excluding hydrogens is 533 g/mol. The average molecular weight is 559 g/mol. The summed E-state index contributed by atoms with van der Waals surface area (Å²) < 4.78 is 72.8. The molecule has 0 unspecified atom stereocenters.